The molecule has 0 unspecified atom stereocenters. The van der Waals surface area contributed by atoms with E-state index in [0.29, 0.717) is 5.95 Å². The monoisotopic (exact) mass is 273 g/mol. The van der Waals surface area contributed by atoms with Gasteiger partial charge in [0.2, 0.25) is 5.95 Å². The average molecular weight is 273 g/mol. The van der Waals surface area contributed by atoms with Gasteiger partial charge in [-0.05, 0) is 31.5 Å². The number of benzene rings is 1. The first kappa shape index (κ1) is 14.1. The number of ether oxygens (including phenoxy) is 2. The van der Waals surface area contributed by atoms with Crippen molar-refractivity contribution in [3.05, 3.63) is 30.0 Å². The lowest BCUT2D eigenvalue weighted by atomic mass is 10.1. The van der Waals surface area contributed by atoms with Gasteiger partial charge in [-0.15, -0.1) is 0 Å². The van der Waals surface area contributed by atoms with Crippen LogP contribution in [-0.4, -0.2) is 30.7 Å². The Morgan fingerprint density at radius 1 is 1.10 bits per heavy atom. The first-order valence-corrected chi connectivity index (χ1v) is 6.49. The zero-order valence-corrected chi connectivity index (χ0v) is 12.2. The molecule has 0 radical (unpaired) electrons. The summed E-state index contributed by atoms with van der Waals surface area (Å²) in [4.78, 5) is 8.80. The highest BCUT2D eigenvalue weighted by atomic mass is 16.5. The van der Waals surface area contributed by atoms with Gasteiger partial charge < -0.3 is 14.8 Å². The first-order chi connectivity index (χ1) is 9.67. The van der Waals surface area contributed by atoms with Crippen molar-refractivity contribution in [2.45, 2.75) is 13.8 Å². The molecule has 0 fully saturated rings. The number of nitrogens with one attached hydrogen (secondary N) is 1. The number of methoxy groups -OCH3 is 2. The van der Waals surface area contributed by atoms with Crippen LogP contribution in [-0.2, 0) is 0 Å². The fourth-order valence-electron chi connectivity index (χ4n) is 1.92. The molecule has 20 heavy (non-hydrogen) atoms. The quantitative estimate of drug-likeness (QED) is 0.907. The molecule has 5 heteroatoms. The molecule has 106 valence electrons. The van der Waals surface area contributed by atoms with Crippen molar-refractivity contribution in [2.24, 2.45) is 0 Å². The van der Waals surface area contributed by atoms with Gasteiger partial charge in [-0.3, -0.25) is 0 Å². The van der Waals surface area contributed by atoms with Crippen molar-refractivity contribution in [2.75, 3.05) is 26.1 Å². The van der Waals surface area contributed by atoms with Crippen molar-refractivity contribution in [1.82, 2.24) is 9.97 Å². The minimum atomic E-state index is 0.620. The second-order valence-electron chi connectivity index (χ2n) is 4.36. The molecule has 0 aliphatic carbocycles. The van der Waals surface area contributed by atoms with Crippen LogP contribution in [0, 0.1) is 6.92 Å². The topological polar surface area (TPSA) is 56.3 Å². The zero-order valence-electron chi connectivity index (χ0n) is 12.2. The number of aromatic nitrogens is 2. The van der Waals surface area contributed by atoms with E-state index in [2.05, 4.69) is 15.3 Å². The van der Waals surface area contributed by atoms with E-state index >= 15 is 0 Å². The lowest BCUT2D eigenvalue weighted by Gasteiger charge is -2.11. The highest BCUT2D eigenvalue weighted by molar-refractivity contribution is 5.67. The molecule has 5 nitrogen and oxygen atoms in total. The predicted molar refractivity (Wildman–Crippen MR) is 79.5 cm³/mol. The SMILES string of the molecule is CCNc1ncc(C)c(-c2cc(OC)cc(OC)c2)n1. The number of hydrogen-bond donors (Lipinski definition) is 1. The molecule has 0 aliphatic heterocycles. The van der Waals surface area contributed by atoms with Gasteiger partial charge in [0.25, 0.3) is 0 Å². The van der Waals surface area contributed by atoms with Crippen molar-refractivity contribution in [3.8, 4) is 22.8 Å². The highest BCUT2D eigenvalue weighted by Gasteiger charge is 2.10. The standard InChI is InChI=1S/C15H19N3O2/c1-5-16-15-17-9-10(2)14(18-15)11-6-12(19-3)8-13(7-11)20-4/h6-9H,5H2,1-4H3,(H,16,17,18). The van der Waals surface area contributed by atoms with E-state index in [4.69, 9.17) is 9.47 Å². The summed E-state index contributed by atoms with van der Waals surface area (Å²) in [5, 5.41) is 3.12. The summed E-state index contributed by atoms with van der Waals surface area (Å²) in [5.41, 5.74) is 2.82. The Bertz CT molecular complexity index is 577. The summed E-state index contributed by atoms with van der Waals surface area (Å²) in [5.74, 6) is 2.10. The second kappa shape index (κ2) is 6.23. The molecular weight excluding hydrogens is 254 g/mol. The van der Waals surface area contributed by atoms with Crippen molar-refractivity contribution in [3.63, 3.8) is 0 Å². The molecule has 1 N–H and O–H groups in total. The van der Waals surface area contributed by atoms with Crippen LogP contribution in [0.25, 0.3) is 11.3 Å². The van der Waals surface area contributed by atoms with Crippen LogP contribution in [0.2, 0.25) is 0 Å². The fraction of sp³-hybridized carbons (Fsp3) is 0.333. The van der Waals surface area contributed by atoms with E-state index < -0.39 is 0 Å². The third-order valence-electron chi connectivity index (χ3n) is 2.93. The third-order valence-corrected chi connectivity index (χ3v) is 2.93. The first-order valence-electron chi connectivity index (χ1n) is 6.49. The average Bonchev–Trinajstić information content (AvgIpc) is 2.48. The summed E-state index contributed by atoms with van der Waals surface area (Å²) in [7, 11) is 3.27. The fourth-order valence-corrected chi connectivity index (χ4v) is 1.92. The Kier molecular flexibility index (Phi) is 4.40. The van der Waals surface area contributed by atoms with Gasteiger partial charge in [0, 0.05) is 24.4 Å². The Morgan fingerprint density at radius 3 is 2.30 bits per heavy atom. The largest absolute Gasteiger partial charge is 0.497 e. The Morgan fingerprint density at radius 2 is 1.75 bits per heavy atom. The molecule has 0 spiro atoms. The molecule has 2 rings (SSSR count). The van der Waals surface area contributed by atoms with Gasteiger partial charge in [0.15, 0.2) is 0 Å². The van der Waals surface area contributed by atoms with Crippen LogP contribution in [0.4, 0.5) is 5.95 Å². The summed E-state index contributed by atoms with van der Waals surface area (Å²) in [6.45, 7) is 4.78. The van der Waals surface area contributed by atoms with Gasteiger partial charge in [-0.2, -0.15) is 0 Å². The van der Waals surface area contributed by atoms with E-state index in [1.807, 2.05) is 38.2 Å². The lowest BCUT2D eigenvalue weighted by molar-refractivity contribution is 0.394. The van der Waals surface area contributed by atoms with Crippen molar-refractivity contribution in [1.29, 1.82) is 0 Å². The van der Waals surface area contributed by atoms with Crippen LogP contribution < -0.4 is 14.8 Å². The minimum Gasteiger partial charge on any atom is -0.497 e. The Hall–Kier alpha value is -2.30. The number of anilines is 1. The second-order valence-corrected chi connectivity index (χ2v) is 4.36. The van der Waals surface area contributed by atoms with Crippen LogP contribution in [0.1, 0.15) is 12.5 Å². The number of aryl methyl sites for hydroxylation is 1. The molecular formula is C15H19N3O2. The maximum atomic E-state index is 5.30. The van der Waals surface area contributed by atoms with Gasteiger partial charge >= 0.3 is 0 Å². The maximum absolute atomic E-state index is 5.30. The molecule has 0 atom stereocenters. The molecule has 0 bridgehead atoms. The third kappa shape index (κ3) is 2.99. The molecule has 0 amide bonds. The van der Waals surface area contributed by atoms with Crippen molar-refractivity contribution < 1.29 is 9.47 Å². The highest BCUT2D eigenvalue weighted by Crippen LogP contribution is 2.30. The minimum absolute atomic E-state index is 0.620. The van der Waals surface area contributed by atoms with E-state index in [9.17, 15) is 0 Å². The summed E-state index contributed by atoms with van der Waals surface area (Å²) >= 11 is 0. The predicted octanol–water partition coefficient (Wildman–Crippen LogP) is 2.90. The van der Waals surface area contributed by atoms with Gasteiger partial charge in [0.1, 0.15) is 11.5 Å². The molecule has 0 saturated heterocycles. The summed E-state index contributed by atoms with van der Waals surface area (Å²) in [6.07, 6.45) is 1.81. The molecule has 1 aromatic carbocycles. The van der Waals surface area contributed by atoms with Crippen LogP contribution in [0.5, 0.6) is 11.5 Å². The number of nitrogens with zero attached hydrogens (tertiary/aromatic N) is 2. The molecule has 2 aromatic rings. The lowest BCUT2D eigenvalue weighted by Crippen LogP contribution is -2.03. The Labute approximate surface area is 119 Å². The summed E-state index contributed by atoms with van der Waals surface area (Å²) in [6, 6.07) is 5.71. The molecule has 0 saturated carbocycles. The zero-order chi connectivity index (χ0) is 14.5. The normalized spacial score (nSPS) is 10.2. The van der Waals surface area contributed by atoms with Gasteiger partial charge in [-0.25, -0.2) is 9.97 Å². The van der Waals surface area contributed by atoms with E-state index in [0.717, 1.165) is 34.9 Å². The van der Waals surface area contributed by atoms with Gasteiger partial charge in [-0.1, -0.05) is 0 Å². The van der Waals surface area contributed by atoms with Crippen molar-refractivity contribution >= 4 is 5.95 Å². The van der Waals surface area contributed by atoms with E-state index in [-0.39, 0.29) is 0 Å². The molecule has 0 aliphatic rings. The van der Waals surface area contributed by atoms with E-state index in [1.165, 1.54) is 0 Å². The Balaban J connectivity index is 2.51. The van der Waals surface area contributed by atoms with E-state index in [1.54, 1.807) is 14.2 Å². The molecule has 1 aromatic heterocycles. The summed E-state index contributed by atoms with van der Waals surface area (Å²) < 4.78 is 10.6. The van der Waals surface area contributed by atoms with Crippen LogP contribution in [0.15, 0.2) is 24.4 Å². The maximum Gasteiger partial charge on any atom is 0.223 e. The smallest absolute Gasteiger partial charge is 0.223 e. The molecule has 1 heterocycles. The number of rotatable bonds is 5. The van der Waals surface area contributed by atoms with Gasteiger partial charge in [0.05, 0.1) is 19.9 Å². The van der Waals surface area contributed by atoms with Crippen LogP contribution >= 0.6 is 0 Å². The number of hydrogen-bond acceptors (Lipinski definition) is 5. The van der Waals surface area contributed by atoms with Crippen LogP contribution in [0.3, 0.4) is 0 Å².